The third kappa shape index (κ3) is 2.82. The van der Waals surface area contributed by atoms with E-state index in [2.05, 4.69) is 27.3 Å². The van der Waals surface area contributed by atoms with Crippen LogP contribution in [-0.2, 0) is 11.3 Å². The van der Waals surface area contributed by atoms with Gasteiger partial charge in [0.05, 0.1) is 11.4 Å². The monoisotopic (exact) mass is 336 g/mol. The lowest BCUT2D eigenvalue weighted by molar-refractivity contribution is -0.117. The summed E-state index contributed by atoms with van der Waals surface area (Å²) in [6, 6.07) is 5.70. The van der Waals surface area contributed by atoms with Gasteiger partial charge in [-0.05, 0) is 42.8 Å². The van der Waals surface area contributed by atoms with Gasteiger partial charge in [-0.25, -0.2) is 9.97 Å². The number of pyridine rings is 2. The SMILES string of the molecule is CCn1nccc1-c1cc2cc(NC(=O)[C@@H]3C[C@@H]3C)ncc2c(N)n1. The molecule has 3 aromatic heterocycles. The number of nitrogens with zero attached hydrogens (tertiary/aromatic N) is 4. The van der Waals surface area contributed by atoms with Gasteiger partial charge in [-0.2, -0.15) is 5.10 Å². The zero-order chi connectivity index (χ0) is 17.6. The molecule has 3 aromatic rings. The van der Waals surface area contributed by atoms with Crippen molar-refractivity contribution in [1.82, 2.24) is 19.7 Å². The molecule has 0 aliphatic heterocycles. The summed E-state index contributed by atoms with van der Waals surface area (Å²) in [5.74, 6) is 1.55. The van der Waals surface area contributed by atoms with Crippen LogP contribution in [0.1, 0.15) is 20.3 Å². The largest absolute Gasteiger partial charge is 0.383 e. The first-order valence-corrected chi connectivity index (χ1v) is 8.46. The molecule has 1 aliphatic carbocycles. The highest BCUT2D eigenvalue weighted by molar-refractivity contribution is 5.98. The summed E-state index contributed by atoms with van der Waals surface area (Å²) in [6.45, 7) is 4.85. The van der Waals surface area contributed by atoms with Crippen LogP contribution in [0.15, 0.2) is 30.6 Å². The summed E-state index contributed by atoms with van der Waals surface area (Å²) in [5.41, 5.74) is 7.78. The number of hydrogen-bond donors (Lipinski definition) is 2. The molecule has 128 valence electrons. The van der Waals surface area contributed by atoms with Gasteiger partial charge in [0, 0.05) is 30.2 Å². The fraction of sp³-hybridized carbons (Fsp3) is 0.333. The lowest BCUT2D eigenvalue weighted by Crippen LogP contribution is -2.15. The van der Waals surface area contributed by atoms with Crippen LogP contribution in [-0.4, -0.2) is 25.7 Å². The third-order valence-corrected chi connectivity index (χ3v) is 4.72. The summed E-state index contributed by atoms with van der Waals surface area (Å²) < 4.78 is 1.87. The molecule has 3 N–H and O–H groups in total. The second kappa shape index (κ2) is 5.84. The topological polar surface area (TPSA) is 98.7 Å². The Morgan fingerprint density at radius 2 is 2.24 bits per heavy atom. The summed E-state index contributed by atoms with van der Waals surface area (Å²) >= 11 is 0. The minimum Gasteiger partial charge on any atom is -0.383 e. The minimum atomic E-state index is 0.0330. The molecule has 0 radical (unpaired) electrons. The smallest absolute Gasteiger partial charge is 0.228 e. The Morgan fingerprint density at radius 3 is 2.96 bits per heavy atom. The van der Waals surface area contributed by atoms with Crippen molar-refractivity contribution in [2.75, 3.05) is 11.1 Å². The van der Waals surface area contributed by atoms with Gasteiger partial charge in [-0.15, -0.1) is 0 Å². The van der Waals surface area contributed by atoms with Crippen LogP contribution < -0.4 is 11.1 Å². The van der Waals surface area contributed by atoms with Crippen molar-refractivity contribution in [2.24, 2.45) is 11.8 Å². The normalized spacial score (nSPS) is 19.1. The first kappa shape index (κ1) is 15.6. The van der Waals surface area contributed by atoms with Crippen LogP contribution in [0, 0.1) is 11.8 Å². The van der Waals surface area contributed by atoms with Gasteiger partial charge in [0.15, 0.2) is 0 Å². The molecule has 1 aliphatic rings. The van der Waals surface area contributed by atoms with E-state index in [1.54, 1.807) is 12.4 Å². The van der Waals surface area contributed by atoms with Gasteiger partial charge >= 0.3 is 0 Å². The summed E-state index contributed by atoms with van der Waals surface area (Å²) in [7, 11) is 0. The number of anilines is 2. The van der Waals surface area contributed by atoms with E-state index in [4.69, 9.17) is 5.73 Å². The molecule has 0 spiro atoms. The van der Waals surface area contributed by atoms with Crippen molar-refractivity contribution in [3.8, 4) is 11.4 Å². The Morgan fingerprint density at radius 1 is 1.44 bits per heavy atom. The number of amides is 1. The number of carbonyl (C=O) groups excluding carboxylic acids is 1. The molecular weight excluding hydrogens is 316 g/mol. The summed E-state index contributed by atoms with van der Waals surface area (Å²) in [6.07, 6.45) is 4.35. The number of aromatic nitrogens is 4. The summed E-state index contributed by atoms with van der Waals surface area (Å²) in [5, 5.41) is 8.83. The summed E-state index contributed by atoms with van der Waals surface area (Å²) in [4.78, 5) is 20.9. The van der Waals surface area contributed by atoms with Gasteiger partial charge < -0.3 is 11.1 Å². The van der Waals surface area contributed by atoms with Crippen molar-refractivity contribution in [2.45, 2.75) is 26.8 Å². The van der Waals surface area contributed by atoms with Gasteiger partial charge in [-0.1, -0.05) is 6.92 Å². The molecule has 1 fully saturated rings. The average Bonchev–Trinajstić information content (AvgIpc) is 3.14. The van der Waals surface area contributed by atoms with E-state index in [1.807, 2.05) is 29.8 Å². The second-order valence-electron chi connectivity index (χ2n) is 6.52. The molecule has 1 amide bonds. The zero-order valence-corrected chi connectivity index (χ0v) is 14.2. The highest BCUT2D eigenvalue weighted by atomic mass is 16.2. The maximum atomic E-state index is 12.1. The van der Waals surface area contributed by atoms with Crippen molar-refractivity contribution >= 4 is 28.3 Å². The Bertz CT molecular complexity index is 963. The number of hydrogen-bond acceptors (Lipinski definition) is 5. The highest BCUT2D eigenvalue weighted by Crippen LogP contribution is 2.38. The Kier molecular flexibility index (Phi) is 3.63. The number of nitrogens with one attached hydrogen (secondary N) is 1. The number of rotatable bonds is 4. The van der Waals surface area contributed by atoms with Crippen molar-refractivity contribution in [1.29, 1.82) is 0 Å². The number of nitrogens with two attached hydrogens (primary N) is 1. The van der Waals surface area contributed by atoms with Crippen LogP contribution in [0.25, 0.3) is 22.2 Å². The highest BCUT2D eigenvalue weighted by Gasteiger charge is 2.39. The van der Waals surface area contributed by atoms with E-state index in [9.17, 15) is 4.79 Å². The lowest BCUT2D eigenvalue weighted by Gasteiger charge is -2.09. The van der Waals surface area contributed by atoms with Gasteiger partial charge in [0.2, 0.25) is 5.91 Å². The predicted octanol–water partition coefficient (Wildman–Crippen LogP) is 2.69. The molecule has 2 atom stereocenters. The van der Waals surface area contributed by atoms with Crippen LogP contribution in [0.2, 0.25) is 0 Å². The fourth-order valence-electron chi connectivity index (χ4n) is 3.08. The van der Waals surface area contributed by atoms with E-state index in [-0.39, 0.29) is 11.8 Å². The van der Waals surface area contributed by atoms with Crippen LogP contribution in [0.3, 0.4) is 0 Å². The average molecular weight is 336 g/mol. The molecule has 1 saturated carbocycles. The molecule has 0 unspecified atom stereocenters. The van der Waals surface area contributed by atoms with Gasteiger partial charge in [0.1, 0.15) is 11.6 Å². The van der Waals surface area contributed by atoms with Gasteiger partial charge in [0.25, 0.3) is 0 Å². The maximum absolute atomic E-state index is 12.1. The quantitative estimate of drug-likeness (QED) is 0.763. The molecule has 0 bridgehead atoms. The number of nitrogen functional groups attached to an aromatic ring is 1. The Hall–Kier alpha value is -2.96. The van der Waals surface area contributed by atoms with Crippen LogP contribution >= 0.6 is 0 Å². The first-order valence-electron chi connectivity index (χ1n) is 8.46. The fourth-order valence-corrected chi connectivity index (χ4v) is 3.08. The minimum absolute atomic E-state index is 0.0330. The lowest BCUT2D eigenvalue weighted by atomic mass is 10.1. The van der Waals surface area contributed by atoms with Gasteiger partial charge in [-0.3, -0.25) is 9.48 Å². The zero-order valence-electron chi connectivity index (χ0n) is 14.2. The van der Waals surface area contributed by atoms with E-state index in [1.165, 1.54) is 0 Å². The number of aryl methyl sites for hydroxylation is 1. The molecule has 7 nitrogen and oxygen atoms in total. The van der Waals surface area contributed by atoms with Crippen LogP contribution in [0.4, 0.5) is 11.6 Å². The first-order chi connectivity index (χ1) is 12.1. The second-order valence-corrected chi connectivity index (χ2v) is 6.52. The van der Waals surface area contributed by atoms with Crippen molar-refractivity contribution in [3.05, 3.63) is 30.6 Å². The standard InChI is InChI=1S/C18H20N6O/c1-3-24-15(4-5-21-24)14-7-11-8-16(20-9-13(11)17(19)22-14)23-18(25)12-6-10(12)2/h4-5,7-10,12H,3,6H2,1-2H3,(H2,19,22)(H,20,23,25)/t10-,12+/m0/s1. The van der Waals surface area contributed by atoms with Crippen LogP contribution in [0.5, 0.6) is 0 Å². The van der Waals surface area contributed by atoms with E-state index in [0.29, 0.717) is 17.6 Å². The molecule has 3 heterocycles. The van der Waals surface area contributed by atoms with Crippen molar-refractivity contribution < 1.29 is 4.79 Å². The number of fused-ring (bicyclic) bond motifs is 1. The molecule has 4 rings (SSSR count). The van der Waals surface area contributed by atoms with Crippen molar-refractivity contribution in [3.63, 3.8) is 0 Å². The molecule has 25 heavy (non-hydrogen) atoms. The Labute approximate surface area is 145 Å². The maximum Gasteiger partial charge on any atom is 0.228 e. The third-order valence-electron chi connectivity index (χ3n) is 4.72. The molecule has 0 saturated heterocycles. The molecular formula is C18H20N6O. The molecule has 7 heteroatoms. The van der Waals surface area contributed by atoms with E-state index >= 15 is 0 Å². The Balaban J connectivity index is 1.72. The van der Waals surface area contributed by atoms with E-state index in [0.717, 1.165) is 35.1 Å². The predicted molar refractivity (Wildman–Crippen MR) is 96.7 cm³/mol. The molecule has 0 aromatic carbocycles. The number of carbonyl (C=O) groups is 1. The van der Waals surface area contributed by atoms with E-state index < -0.39 is 0 Å².